The zero-order chi connectivity index (χ0) is 25.4. The van der Waals surface area contributed by atoms with Gasteiger partial charge in [-0.05, 0) is 36.8 Å². The van der Waals surface area contributed by atoms with E-state index in [0.717, 1.165) is 36.8 Å². The summed E-state index contributed by atoms with van der Waals surface area (Å²) in [5, 5.41) is 16.6. The first-order valence-corrected chi connectivity index (χ1v) is 12.6. The highest BCUT2D eigenvalue weighted by molar-refractivity contribution is 5.69. The maximum absolute atomic E-state index is 13.9. The third-order valence-electron chi connectivity index (χ3n) is 6.99. The van der Waals surface area contributed by atoms with Crippen LogP contribution in [0.5, 0.6) is 0 Å². The van der Waals surface area contributed by atoms with Gasteiger partial charge in [-0.3, -0.25) is 5.01 Å². The van der Waals surface area contributed by atoms with Crippen molar-refractivity contribution >= 4 is 6.21 Å². The van der Waals surface area contributed by atoms with Crippen molar-refractivity contribution in [1.29, 1.82) is 0 Å². The number of hydrazone groups is 1. The van der Waals surface area contributed by atoms with Crippen molar-refractivity contribution in [1.82, 2.24) is 5.01 Å². The summed E-state index contributed by atoms with van der Waals surface area (Å²) < 4.78 is 47.9. The summed E-state index contributed by atoms with van der Waals surface area (Å²) >= 11 is 0. The quantitative estimate of drug-likeness (QED) is 0.267. The molecule has 7 heteroatoms. The average molecular weight is 491 g/mol. The molecule has 1 saturated heterocycles. The standard InChI is InChI=1S/C28H37F3N2O2/c1-3-4-5-6-13-20-26(34,28(29,30)31)22-32-33-21-14-19-25(33)27(35-2,23-15-9-7-10-16-23)24-17-11-8-12-18-24/h7-12,15-18,22,25,34H,3-6,13-14,19-21H2,1-2H3/b32-22+/t25-,26+/m0/s1. The molecule has 2 atom stereocenters. The van der Waals surface area contributed by atoms with Crippen LogP contribution in [0.15, 0.2) is 65.8 Å². The fourth-order valence-corrected chi connectivity index (χ4v) is 5.04. The van der Waals surface area contributed by atoms with E-state index in [9.17, 15) is 18.3 Å². The summed E-state index contributed by atoms with van der Waals surface area (Å²) in [6, 6.07) is 19.1. The first-order chi connectivity index (χ1) is 16.8. The van der Waals surface area contributed by atoms with Gasteiger partial charge in [0.05, 0.1) is 12.3 Å². The third-order valence-corrected chi connectivity index (χ3v) is 6.99. The maximum atomic E-state index is 13.9. The normalized spacial score (nSPS) is 18.8. The van der Waals surface area contributed by atoms with Crippen molar-refractivity contribution in [2.75, 3.05) is 13.7 Å². The Morgan fingerprint density at radius 2 is 1.54 bits per heavy atom. The molecule has 3 rings (SSSR count). The van der Waals surface area contributed by atoms with Crippen LogP contribution in [0.4, 0.5) is 13.2 Å². The minimum absolute atomic E-state index is 0.293. The summed E-state index contributed by atoms with van der Waals surface area (Å²) in [5.74, 6) is 0. The number of nitrogens with zero attached hydrogens (tertiary/aromatic N) is 2. The minimum atomic E-state index is -4.80. The van der Waals surface area contributed by atoms with Crippen LogP contribution in [0, 0.1) is 0 Å². The second-order valence-corrected chi connectivity index (χ2v) is 9.32. The second-order valence-electron chi connectivity index (χ2n) is 9.32. The van der Waals surface area contributed by atoms with Gasteiger partial charge in [0.1, 0.15) is 5.60 Å². The van der Waals surface area contributed by atoms with Gasteiger partial charge in [0.25, 0.3) is 0 Å². The van der Waals surface area contributed by atoms with Crippen LogP contribution in [0.1, 0.15) is 69.4 Å². The van der Waals surface area contributed by atoms with E-state index in [2.05, 4.69) is 12.0 Å². The van der Waals surface area contributed by atoms with Crippen LogP contribution in [0.2, 0.25) is 0 Å². The highest BCUT2D eigenvalue weighted by atomic mass is 19.4. The fraction of sp³-hybridized carbons (Fsp3) is 0.536. The van der Waals surface area contributed by atoms with Gasteiger partial charge in [0.2, 0.25) is 0 Å². The molecule has 1 N–H and O–H groups in total. The minimum Gasteiger partial charge on any atom is -0.376 e. The lowest BCUT2D eigenvalue weighted by Crippen LogP contribution is -2.50. The molecule has 1 aliphatic heterocycles. The number of unbranched alkanes of at least 4 members (excludes halogenated alkanes) is 4. The van der Waals surface area contributed by atoms with Gasteiger partial charge >= 0.3 is 6.18 Å². The smallest absolute Gasteiger partial charge is 0.376 e. The van der Waals surface area contributed by atoms with E-state index in [1.807, 2.05) is 60.7 Å². The molecule has 0 bridgehead atoms. The molecule has 0 amide bonds. The van der Waals surface area contributed by atoms with Gasteiger partial charge < -0.3 is 9.84 Å². The topological polar surface area (TPSA) is 45.1 Å². The maximum Gasteiger partial charge on any atom is 0.422 e. The molecule has 0 spiro atoms. The number of benzene rings is 2. The Kier molecular flexibility index (Phi) is 9.36. The number of methoxy groups -OCH3 is 1. The summed E-state index contributed by atoms with van der Waals surface area (Å²) in [5.41, 5.74) is -2.07. The van der Waals surface area contributed by atoms with E-state index in [4.69, 9.17) is 4.74 Å². The van der Waals surface area contributed by atoms with Crippen LogP contribution in [0.3, 0.4) is 0 Å². The number of hydrogen-bond donors (Lipinski definition) is 1. The molecule has 2 aromatic carbocycles. The molecular weight excluding hydrogens is 453 g/mol. The largest absolute Gasteiger partial charge is 0.422 e. The fourth-order valence-electron chi connectivity index (χ4n) is 5.04. The lowest BCUT2D eigenvalue weighted by atomic mass is 9.79. The van der Waals surface area contributed by atoms with E-state index >= 15 is 0 Å². The predicted octanol–water partition coefficient (Wildman–Crippen LogP) is 6.68. The molecule has 0 aromatic heterocycles. The molecule has 0 saturated carbocycles. The summed E-state index contributed by atoms with van der Waals surface area (Å²) in [6.07, 6.45) is 0.759. The van der Waals surface area contributed by atoms with Crippen molar-refractivity contribution in [2.24, 2.45) is 5.10 Å². The zero-order valence-electron chi connectivity index (χ0n) is 20.7. The molecule has 0 unspecified atom stereocenters. The number of ether oxygens (including phenoxy) is 1. The zero-order valence-corrected chi connectivity index (χ0v) is 20.7. The Balaban J connectivity index is 1.93. The second kappa shape index (κ2) is 12.0. The van der Waals surface area contributed by atoms with E-state index < -0.39 is 23.8 Å². The van der Waals surface area contributed by atoms with E-state index in [1.54, 1.807) is 12.1 Å². The molecular formula is C28H37F3N2O2. The molecule has 192 valence electrons. The number of aliphatic hydroxyl groups is 1. The van der Waals surface area contributed by atoms with Gasteiger partial charge in [0, 0.05) is 13.7 Å². The Morgan fingerprint density at radius 1 is 0.971 bits per heavy atom. The Hall–Kier alpha value is -2.38. The number of halogens is 3. The van der Waals surface area contributed by atoms with Gasteiger partial charge in [-0.25, -0.2) is 0 Å². The predicted molar refractivity (Wildman–Crippen MR) is 133 cm³/mol. The van der Waals surface area contributed by atoms with Gasteiger partial charge in [-0.15, -0.1) is 0 Å². The van der Waals surface area contributed by atoms with Gasteiger partial charge in [0.15, 0.2) is 5.60 Å². The lowest BCUT2D eigenvalue weighted by Gasteiger charge is -2.42. The highest BCUT2D eigenvalue weighted by Crippen LogP contribution is 2.43. The van der Waals surface area contributed by atoms with Crippen LogP contribution in [-0.4, -0.2) is 47.8 Å². The monoisotopic (exact) mass is 490 g/mol. The third kappa shape index (κ3) is 6.07. The molecule has 2 aromatic rings. The Bertz CT molecular complexity index is 881. The highest BCUT2D eigenvalue weighted by Gasteiger charge is 2.53. The lowest BCUT2D eigenvalue weighted by molar-refractivity contribution is -0.231. The molecule has 1 heterocycles. The van der Waals surface area contributed by atoms with Crippen molar-refractivity contribution in [3.63, 3.8) is 0 Å². The Morgan fingerprint density at radius 3 is 2.06 bits per heavy atom. The molecule has 4 nitrogen and oxygen atoms in total. The summed E-state index contributed by atoms with van der Waals surface area (Å²) in [4.78, 5) is 0. The molecule has 1 aliphatic rings. The molecule has 1 fully saturated rings. The van der Waals surface area contributed by atoms with Gasteiger partial charge in [-0.2, -0.15) is 18.3 Å². The van der Waals surface area contributed by atoms with Crippen molar-refractivity contribution in [3.05, 3.63) is 71.8 Å². The van der Waals surface area contributed by atoms with Crippen LogP contribution in [-0.2, 0) is 10.3 Å². The number of hydrogen-bond acceptors (Lipinski definition) is 4. The van der Waals surface area contributed by atoms with Crippen molar-refractivity contribution in [3.8, 4) is 0 Å². The summed E-state index contributed by atoms with van der Waals surface area (Å²) in [6.45, 7) is 2.53. The number of rotatable bonds is 12. The molecule has 35 heavy (non-hydrogen) atoms. The Labute approximate surface area is 206 Å². The van der Waals surface area contributed by atoms with E-state index in [0.29, 0.717) is 32.0 Å². The molecule has 0 radical (unpaired) electrons. The summed E-state index contributed by atoms with van der Waals surface area (Å²) in [7, 11) is 1.63. The van der Waals surface area contributed by atoms with Crippen LogP contribution in [0.25, 0.3) is 0 Å². The van der Waals surface area contributed by atoms with Crippen molar-refractivity contribution in [2.45, 2.75) is 81.7 Å². The van der Waals surface area contributed by atoms with Gasteiger partial charge in [-0.1, -0.05) is 93.3 Å². The first kappa shape index (κ1) is 27.2. The van der Waals surface area contributed by atoms with E-state index in [-0.39, 0.29) is 6.04 Å². The van der Waals surface area contributed by atoms with Crippen LogP contribution < -0.4 is 0 Å². The van der Waals surface area contributed by atoms with Crippen molar-refractivity contribution < 1.29 is 23.0 Å². The number of alkyl halides is 3. The molecule has 0 aliphatic carbocycles. The van der Waals surface area contributed by atoms with Crippen LogP contribution >= 0.6 is 0 Å². The van der Waals surface area contributed by atoms with E-state index in [1.165, 1.54) is 0 Å². The first-order valence-electron chi connectivity index (χ1n) is 12.6. The average Bonchev–Trinajstić information content (AvgIpc) is 3.33. The SMILES string of the molecule is CCCCCCC[C@@](O)(/C=N/N1CCC[C@H]1C(OC)(c1ccccc1)c1ccccc1)C(F)(F)F.